The molecule has 1 amide bonds. The number of amides is 1. The van der Waals surface area contributed by atoms with E-state index in [-0.39, 0.29) is 17.9 Å². The summed E-state index contributed by atoms with van der Waals surface area (Å²) in [6.07, 6.45) is 2.50. The first-order valence-electron chi connectivity index (χ1n) is 5.08. The van der Waals surface area contributed by atoms with Crippen LogP contribution >= 0.6 is 0 Å². The molecule has 0 aliphatic heterocycles. The Morgan fingerprint density at radius 3 is 2.31 bits per heavy atom. The van der Waals surface area contributed by atoms with Gasteiger partial charge in [-0.1, -0.05) is 13.8 Å². The fraction of sp³-hybridized carbons (Fsp3) is 0.900. The van der Waals surface area contributed by atoms with Crippen molar-refractivity contribution >= 4 is 5.91 Å². The number of rotatable bonds is 4. The number of nitrogens with two attached hydrogens (primary N) is 1. The minimum absolute atomic E-state index is 0.00519. The molecule has 2 atom stereocenters. The molecule has 3 nitrogen and oxygen atoms in total. The Morgan fingerprint density at radius 2 is 1.92 bits per heavy atom. The number of hydrogen-bond acceptors (Lipinski definition) is 2. The van der Waals surface area contributed by atoms with E-state index in [0.717, 1.165) is 0 Å². The van der Waals surface area contributed by atoms with Gasteiger partial charge < -0.3 is 11.1 Å². The van der Waals surface area contributed by atoms with Crippen LogP contribution in [0.1, 0.15) is 33.6 Å². The Balaban J connectivity index is 2.30. The monoisotopic (exact) mass is 184 g/mol. The normalized spacial score (nSPS) is 21.3. The van der Waals surface area contributed by atoms with Crippen LogP contribution in [0.15, 0.2) is 0 Å². The molecule has 0 saturated heterocycles. The smallest absolute Gasteiger partial charge is 0.237 e. The molecule has 0 heterocycles. The van der Waals surface area contributed by atoms with Crippen molar-refractivity contribution in [1.29, 1.82) is 0 Å². The third kappa shape index (κ3) is 2.99. The molecule has 1 fully saturated rings. The summed E-state index contributed by atoms with van der Waals surface area (Å²) in [5.41, 5.74) is 5.72. The lowest BCUT2D eigenvalue weighted by Gasteiger charge is -2.19. The second-order valence-corrected chi connectivity index (χ2v) is 4.40. The maximum Gasteiger partial charge on any atom is 0.237 e. The molecule has 76 valence electrons. The third-order valence-electron chi connectivity index (χ3n) is 2.72. The van der Waals surface area contributed by atoms with Crippen LogP contribution in [-0.4, -0.2) is 18.0 Å². The summed E-state index contributed by atoms with van der Waals surface area (Å²) in [4.78, 5) is 11.5. The molecule has 1 aliphatic carbocycles. The van der Waals surface area contributed by atoms with Gasteiger partial charge in [-0.2, -0.15) is 0 Å². The van der Waals surface area contributed by atoms with Gasteiger partial charge in [0.15, 0.2) is 0 Å². The highest BCUT2D eigenvalue weighted by Gasteiger charge is 2.30. The van der Waals surface area contributed by atoms with Gasteiger partial charge in [0, 0.05) is 6.04 Å². The van der Waals surface area contributed by atoms with Gasteiger partial charge in [0.2, 0.25) is 5.91 Å². The number of nitrogens with one attached hydrogen (secondary N) is 1. The highest BCUT2D eigenvalue weighted by atomic mass is 16.2. The first-order chi connectivity index (χ1) is 6.02. The molecule has 0 aromatic rings. The lowest BCUT2D eigenvalue weighted by atomic mass is 10.0. The lowest BCUT2D eigenvalue weighted by molar-refractivity contribution is -0.123. The molecule has 0 bridgehead atoms. The Bertz CT molecular complexity index is 187. The van der Waals surface area contributed by atoms with Crippen LogP contribution in [-0.2, 0) is 4.79 Å². The van der Waals surface area contributed by atoms with E-state index in [1.807, 2.05) is 13.8 Å². The van der Waals surface area contributed by atoms with Crippen molar-refractivity contribution in [3.8, 4) is 0 Å². The Labute approximate surface area is 80.1 Å². The van der Waals surface area contributed by atoms with Crippen LogP contribution in [0.4, 0.5) is 0 Å². The second kappa shape index (κ2) is 4.09. The van der Waals surface area contributed by atoms with E-state index in [4.69, 9.17) is 5.73 Å². The summed E-state index contributed by atoms with van der Waals surface area (Å²) in [5.74, 6) is 0.907. The van der Waals surface area contributed by atoms with Crippen molar-refractivity contribution in [3.63, 3.8) is 0 Å². The molecule has 1 aliphatic rings. The number of carbonyl (C=O) groups excluding carboxylic acids is 1. The molecule has 0 spiro atoms. The van der Waals surface area contributed by atoms with E-state index in [9.17, 15) is 4.79 Å². The van der Waals surface area contributed by atoms with E-state index in [2.05, 4.69) is 12.2 Å². The van der Waals surface area contributed by atoms with Gasteiger partial charge in [0.05, 0.1) is 6.04 Å². The minimum atomic E-state index is -0.360. The predicted octanol–water partition coefficient (Wildman–Crippen LogP) is 0.884. The molecular formula is C10H20N2O. The summed E-state index contributed by atoms with van der Waals surface area (Å²) in [6.45, 7) is 5.99. The van der Waals surface area contributed by atoms with E-state index in [1.54, 1.807) is 0 Å². The van der Waals surface area contributed by atoms with E-state index in [1.165, 1.54) is 12.8 Å². The molecule has 3 N–H and O–H groups in total. The fourth-order valence-corrected chi connectivity index (χ4v) is 1.34. The maximum atomic E-state index is 11.5. The zero-order valence-corrected chi connectivity index (χ0v) is 8.71. The molecular weight excluding hydrogens is 164 g/mol. The average Bonchev–Trinajstić information content (AvgIpc) is 2.84. The second-order valence-electron chi connectivity index (χ2n) is 4.40. The minimum Gasteiger partial charge on any atom is -0.352 e. The van der Waals surface area contributed by atoms with Crippen LogP contribution < -0.4 is 11.1 Å². The van der Waals surface area contributed by atoms with Gasteiger partial charge in [-0.25, -0.2) is 0 Å². The summed E-state index contributed by atoms with van der Waals surface area (Å²) >= 11 is 0. The quantitative estimate of drug-likeness (QED) is 0.681. The SMILES string of the molecule is CC(C)C(N)C(=O)NC(C)C1CC1. The molecule has 1 saturated carbocycles. The zero-order chi connectivity index (χ0) is 10.0. The Morgan fingerprint density at radius 1 is 1.38 bits per heavy atom. The van der Waals surface area contributed by atoms with Crippen molar-refractivity contribution < 1.29 is 4.79 Å². The molecule has 1 rings (SSSR count). The summed E-state index contributed by atoms with van der Waals surface area (Å²) in [7, 11) is 0. The van der Waals surface area contributed by atoms with Crippen LogP contribution in [0.5, 0.6) is 0 Å². The zero-order valence-electron chi connectivity index (χ0n) is 8.71. The lowest BCUT2D eigenvalue weighted by Crippen LogP contribution is -2.47. The Kier molecular flexibility index (Phi) is 3.31. The van der Waals surface area contributed by atoms with Crippen molar-refractivity contribution in [3.05, 3.63) is 0 Å². The topological polar surface area (TPSA) is 55.1 Å². The molecule has 0 aromatic carbocycles. The summed E-state index contributed by atoms with van der Waals surface area (Å²) in [6, 6.07) is -0.0569. The number of carbonyl (C=O) groups is 1. The van der Waals surface area contributed by atoms with E-state index in [0.29, 0.717) is 12.0 Å². The highest BCUT2D eigenvalue weighted by molar-refractivity contribution is 5.82. The van der Waals surface area contributed by atoms with E-state index < -0.39 is 0 Å². The van der Waals surface area contributed by atoms with Crippen molar-refractivity contribution in [1.82, 2.24) is 5.32 Å². The molecule has 2 unspecified atom stereocenters. The molecule has 0 radical (unpaired) electrons. The van der Waals surface area contributed by atoms with Gasteiger partial charge in [-0.15, -0.1) is 0 Å². The first-order valence-corrected chi connectivity index (χ1v) is 5.08. The molecule has 0 aromatic heterocycles. The largest absolute Gasteiger partial charge is 0.352 e. The Hall–Kier alpha value is -0.570. The van der Waals surface area contributed by atoms with Crippen molar-refractivity contribution in [2.75, 3.05) is 0 Å². The first kappa shape index (κ1) is 10.5. The third-order valence-corrected chi connectivity index (χ3v) is 2.72. The summed E-state index contributed by atoms with van der Waals surface area (Å²) in [5, 5.41) is 2.96. The van der Waals surface area contributed by atoms with Crippen LogP contribution in [0.25, 0.3) is 0 Å². The van der Waals surface area contributed by atoms with Crippen LogP contribution in [0, 0.1) is 11.8 Å². The highest BCUT2D eigenvalue weighted by Crippen LogP contribution is 2.32. The summed E-state index contributed by atoms with van der Waals surface area (Å²) < 4.78 is 0. The van der Waals surface area contributed by atoms with Gasteiger partial charge in [0.25, 0.3) is 0 Å². The number of hydrogen-bond donors (Lipinski definition) is 2. The predicted molar refractivity (Wildman–Crippen MR) is 53.1 cm³/mol. The van der Waals surface area contributed by atoms with Gasteiger partial charge >= 0.3 is 0 Å². The van der Waals surface area contributed by atoms with E-state index >= 15 is 0 Å². The van der Waals surface area contributed by atoms with Crippen molar-refractivity contribution in [2.45, 2.75) is 45.7 Å². The maximum absolute atomic E-state index is 11.5. The molecule has 3 heteroatoms. The molecule has 13 heavy (non-hydrogen) atoms. The van der Waals surface area contributed by atoms with Gasteiger partial charge in [0.1, 0.15) is 0 Å². The van der Waals surface area contributed by atoms with Crippen LogP contribution in [0.3, 0.4) is 0 Å². The average molecular weight is 184 g/mol. The van der Waals surface area contributed by atoms with Crippen molar-refractivity contribution in [2.24, 2.45) is 17.6 Å². The van der Waals surface area contributed by atoms with Gasteiger partial charge in [-0.3, -0.25) is 4.79 Å². The van der Waals surface area contributed by atoms with Gasteiger partial charge in [-0.05, 0) is 31.6 Å². The van der Waals surface area contributed by atoms with Crippen LogP contribution in [0.2, 0.25) is 0 Å². The fourth-order valence-electron chi connectivity index (χ4n) is 1.34. The standard InChI is InChI=1S/C10H20N2O/c1-6(2)9(11)10(13)12-7(3)8-4-5-8/h6-9H,4-5,11H2,1-3H3,(H,12,13).